The molecule has 0 saturated heterocycles. The number of aryl methyl sites for hydroxylation is 1. The lowest BCUT2D eigenvalue weighted by Gasteiger charge is -2.21. The molecule has 0 heterocycles. The molecule has 1 N–H and O–H groups in total. The van der Waals surface area contributed by atoms with Gasteiger partial charge in [-0.15, -0.1) is 0 Å². The van der Waals surface area contributed by atoms with Gasteiger partial charge in [-0.1, -0.05) is 42.0 Å². The predicted octanol–water partition coefficient (Wildman–Crippen LogP) is 4.36. The third kappa shape index (κ3) is 2.60. The third-order valence-electron chi connectivity index (χ3n) is 5.06. The third-order valence-corrected chi connectivity index (χ3v) is 6.50. The van der Waals surface area contributed by atoms with Crippen molar-refractivity contribution in [3.8, 4) is 0 Å². The summed E-state index contributed by atoms with van der Waals surface area (Å²) in [5.74, 6) is 0. The summed E-state index contributed by atoms with van der Waals surface area (Å²) in [6.45, 7) is 1.95. The molecule has 0 aliphatic heterocycles. The zero-order valence-electron chi connectivity index (χ0n) is 13.7. The van der Waals surface area contributed by atoms with Crippen molar-refractivity contribution in [1.82, 2.24) is 4.72 Å². The SMILES string of the molecule is Cc1ccc(S(=O)(=O)N[C@H]2C3=C(CCCC3)c3ccccc32)cc1. The first-order valence-corrected chi connectivity index (χ1v) is 9.95. The van der Waals surface area contributed by atoms with E-state index in [-0.39, 0.29) is 6.04 Å². The largest absolute Gasteiger partial charge is 0.241 e. The van der Waals surface area contributed by atoms with E-state index in [1.54, 1.807) is 12.1 Å². The van der Waals surface area contributed by atoms with Crippen LogP contribution in [0.4, 0.5) is 0 Å². The van der Waals surface area contributed by atoms with Crippen LogP contribution in [0.2, 0.25) is 0 Å². The van der Waals surface area contributed by atoms with Crippen LogP contribution < -0.4 is 4.72 Å². The molecule has 0 amide bonds. The van der Waals surface area contributed by atoms with Gasteiger partial charge in [0.1, 0.15) is 0 Å². The van der Waals surface area contributed by atoms with Crippen LogP contribution >= 0.6 is 0 Å². The number of hydrogen-bond donors (Lipinski definition) is 1. The van der Waals surface area contributed by atoms with E-state index in [4.69, 9.17) is 0 Å². The minimum absolute atomic E-state index is 0.220. The average molecular weight is 339 g/mol. The number of rotatable bonds is 3. The summed E-state index contributed by atoms with van der Waals surface area (Å²) in [6, 6.07) is 15.0. The first kappa shape index (κ1) is 15.6. The quantitative estimate of drug-likeness (QED) is 0.903. The fraction of sp³-hybridized carbons (Fsp3) is 0.300. The fourth-order valence-corrected chi connectivity index (χ4v) is 5.05. The molecule has 3 nitrogen and oxygen atoms in total. The number of fused-ring (bicyclic) bond motifs is 2. The minimum Gasteiger partial charge on any atom is -0.207 e. The Morgan fingerprint density at radius 2 is 1.67 bits per heavy atom. The molecule has 2 aromatic carbocycles. The Morgan fingerprint density at radius 1 is 0.958 bits per heavy atom. The Balaban J connectivity index is 1.73. The minimum atomic E-state index is -3.54. The number of benzene rings is 2. The Labute approximate surface area is 143 Å². The Bertz CT molecular complexity index is 911. The summed E-state index contributed by atoms with van der Waals surface area (Å²) < 4.78 is 28.7. The van der Waals surface area contributed by atoms with E-state index in [1.807, 2.05) is 31.2 Å². The zero-order chi connectivity index (χ0) is 16.7. The van der Waals surface area contributed by atoms with Gasteiger partial charge < -0.3 is 0 Å². The molecule has 124 valence electrons. The molecule has 0 aromatic heterocycles. The monoisotopic (exact) mass is 339 g/mol. The molecule has 4 rings (SSSR count). The lowest BCUT2D eigenvalue weighted by molar-refractivity contribution is 0.565. The van der Waals surface area contributed by atoms with Gasteiger partial charge in [-0.2, -0.15) is 4.72 Å². The molecule has 24 heavy (non-hydrogen) atoms. The lowest BCUT2D eigenvalue weighted by atomic mass is 9.91. The molecule has 4 heteroatoms. The standard InChI is InChI=1S/C20H21NO2S/c1-14-10-12-15(13-11-14)24(22,23)21-20-18-8-4-2-6-16(18)17-7-3-5-9-19(17)20/h2,4,6,8,10-13,20-21H,3,5,7,9H2,1H3/t20-/m1/s1. The molecule has 0 radical (unpaired) electrons. The van der Waals surface area contributed by atoms with Crippen molar-refractivity contribution in [2.24, 2.45) is 0 Å². The molecular formula is C20H21NO2S. The maximum absolute atomic E-state index is 12.9. The molecule has 2 aliphatic carbocycles. The maximum Gasteiger partial charge on any atom is 0.241 e. The molecule has 1 atom stereocenters. The van der Waals surface area contributed by atoms with E-state index in [9.17, 15) is 8.42 Å². The van der Waals surface area contributed by atoms with Gasteiger partial charge in [0.05, 0.1) is 10.9 Å². The van der Waals surface area contributed by atoms with Crippen LogP contribution in [0.5, 0.6) is 0 Å². The highest BCUT2D eigenvalue weighted by Gasteiger charge is 2.34. The summed E-state index contributed by atoms with van der Waals surface area (Å²) in [6.07, 6.45) is 4.35. The maximum atomic E-state index is 12.9. The van der Waals surface area contributed by atoms with Crippen molar-refractivity contribution < 1.29 is 8.42 Å². The van der Waals surface area contributed by atoms with Crippen molar-refractivity contribution in [3.05, 3.63) is 70.8 Å². The van der Waals surface area contributed by atoms with Crippen molar-refractivity contribution in [3.63, 3.8) is 0 Å². The second kappa shape index (κ2) is 5.87. The highest BCUT2D eigenvalue weighted by Crippen LogP contribution is 2.47. The van der Waals surface area contributed by atoms with Gasteiger partial charge in [0.2, 0.25) is 10.0 Å². The Morgan fingerprint density at radius 3 is 2.46 bits per heavy atom. The topological polar surface area (TPSA) is 46.2 Å². The van der Waals surface area contributed by atoms with Gasteiger partial charge in [0.15, 0.2) is 0 Å². The van der Waals surface area contributed by atoms with Crippen LogP contribution in [0.3, 0.4) is 0 Å². The van der Waals surface area contributed by atoms with Crippen LogP contribution in [0.25, 0.3) is 5.57 Å². The van der Waals surface area contributed by atoms with Gasteiger partial charge in [0.25, 0.3) is 0 Å². The van der Waals surface area contributed by atoms with Crippen LogP contribution in [0.15, 0.2) is 59.0 Å². The summed E-state index contributed by atoms with van der Waals surface area (Å²) in [5, 5.41) is 0. The van der Waals surface area contributed by atoms with E-state index in [0.717, 1.165) is 30.4 Å². The number of allylic oxidation sites excluding steroid dienone is 1. The van der Waals surface area contributed by atoms with Gasteiger partial charge in [0, 0.05) is 0 Å². The molecule has 0 bridgehead atoms. The first-order chi connectivity index (χ1) is 11.6. The van der Waals surface area contributed by atoms with Gasteiger partial charge in [-0.3, -0.25) is 0 Å². The Kier molecular flexibility index (Phi) is 3.82. The van der Waals surface area contributed by atoms with Crippen molar-refractivity contribution in [2.45, 2.75) is 43.5 Å². The van der Waals surface area contributed by atoms with E-state index in [2.05, 4.69) is 16.9 Å². The zero-order valence-corrected chi connectivity index (χ0v) is 14.6. The highest BCUT2D eigenvalue weighted by molar-refractivity contribution is 7.89. The normalized spacial score (nSPS) is 20.0. The van der Waals surface area contributed by atoms with Crippen LogP contribution in [-0.4, -0.2) is 8.42 Å². The predicted molar refractivity (Wildman–Crippen MR) is 96.1 cm³/mol. The van der Waals surface area contributed by atoms with E-state index in [1.165, 1.54) is 23.1 Å². The Hall–Kier alpha value is -1.91. The van der Waals surface area contributed by atoms with Crippen molar-refractivity contribution in [1.29, 1.82) is 0 Å². The molecule has 0 saturated carbocycles. The van der Waals surface area contributed by atoms with Crippen LogP contribution in [-0.2, 0) is 10.0 Å². The first-order valence-electron chi connectivity index (χ1n) is 8.46. The van der Waals surface area contributed by atoms with Crippen LogP contribution in [0, 0.1) is 6.92 Å². The lowest BCUT2D eigenvalue weighted by Crippen LogP contribution is -2.29. The summed E-state index contributed by atoms with van der Waals surface area (Å²) in [7, 11) is -3.54. The summed E-state index contributed by atoms with van der Waals surface area (Å²) >= 11 is 0. The summed E-state index contributed by atoms with van der Waals surface area (Å²) in [4.78, 5) is 0.329. The second-order valence-corrected chi connectivity index (χ2v) is 8.38. The fourth-order valence-electron chi connectivity index (χ4n) is 3.84. The molecule has 0 unspecified atom stereocenters. The molecular weight excluding hydrogens is 318 g/mol. The molecule has 0 spiro atoms. The average Bonchev–Trinajstić information content (AvgIpc) is 2.90. The molecule has 2 aliphatic rings. The van der Waals surface area contributed by atoms with E-state index in [0.29, 0.717) is 4.90 Å². The molecule has 0 fully saturated rings. The van der Waals surface area contributed by atoms with E-state index >= 15 is 0 Å². The highest BCUT2D eigenvalue weighted by atomic mass is 32.2. The second-order valence-electron chi connectivity index (χ2n) is 6.67. The number of nitrogens with one attached hydrogen (secondary N) is 1. The van der Waals surface area contributed by atoms with Gasteiger partial charge in [-0.05, 0) is 67.0 Å². The molecule has 2 aromatic rings. The van der Waals surface area contributed by atoms with Gasteiger partial charge >= 0.3 is 0 Å². The number of hydrogen-bond acceptors (Lipinski definition) is 2. The van der Waals surface area contributed by atoms with Gasteiger partial charge in [-0.25, -0.2) is 8.42 Å². The summed E-state index contributed by atoms with van der Waals surface area (Å²) in [5.41, 5.74) is 5.99. The van der Waals surface area contributed by atoms with E-state index < -0.39 is 10.0 Å². The van der Waals surface area contributed by atoms with Crippen molar-refractivity contribution >= 4 is 15.6 Å². The van der Waals surface area contributed by atoms with Crippen LogP contribution in [0.1, 0.15) is 48.4 Å². The number of sulfonamides is 1. The van der Waals surface area contributed by atoms with Crippen molar-refractivity contribution in [2.75, 3.05) is 0 Å². The smallest absolute Gasteiger partial charge is 0.207 e.